The van der Waals surface area contributed by atoms with Gasteiger partial charge < -0.3 is 14.4 Å². The van der Waals surface area contributed by atoms with Crippen LogP contribution in [0.25, 0.3) is 0 Å². The van der Waals surface area contributed by atoms with Gasteiger partial charge in [-0.25, -0.2) is 14.8 Å². The van der Waals surface area contributed by atoms with Crippen LogP contribution >= 0.6 is 11.3 Å². The lowest BCUT2D eigenvalue weighted by atomic mass is 9.85. The van der Waals surface area contributed by atoms with E-state index in [9.17, 15) is 9.59 Å². The van der Waals surface area contributed by atoms with E-state index in [1.54, 1.807) is 16.2 Å². The third-order valence-corrected chi connectivity index (χ3v) is 6.18. The third kappa shape index (κ3) is 2.89. The van der Waals surface area contributed by atoms with Crippen molar-refractivity contribution in [3.8, 4) is 0 Å². The quantitative estimate of drug-likeness (QED) is 0.749. The van der Waals surface area contributed by atoms with E-state index >= 15 is 0 Å². The van der Waals surface area contributed by atoms with Crippen LogP contribution in [0.2, 0.25) is 0 Å². The Balaban J connectivity index is 1.45. The number of nitrogens with zero attached hydrogens (tertiary/aromatic N) is 3. The molecule has 1 saturated heterocycles. The summed E-state index contributed by atoms with van der Waals surface area (Å²) in [7, 11) is 1.28. The molecule has 0 unspecified atom stereocenters. The maximum atomic E-state index is 12.7. The van der Waals surface area contributed by atoms with Crippen LogP contribution in [0, 0.1) is 0 Å². The van der Waals surface area contributed by atoms with E-state index in [0.29, 0.717) is 13.1 Å². The van der Waals surface area contributed by atoms with Gasteiger partial charge in [-0.1, -0.05) is 0 Å². The standard InChI is InChI=1S/C18H19N3O4S/c1-24-17(23)14-11-19-13(10-20-14)16(22)21-6-4-18(5-7-21)15-12(2-8-25-18)3-9-26-15/h3,9-11H,2,4-8H2,1H3. The van der Waals surface area contributed by atoms with Crippen molar-refractivity contribution < 1.29 is 19.1 Å². The van der Waals surface area contributed by atoms with Crippen LogP contribution < -0.4 is 0 Å². The Morgan fingerprint density at radius 3 is 2.65 bits per heavy atom. The molecule has 0 N–H and O–H groups in total. The van der Waals surface area contributed by atoms with Gasteiger partial charge in [0.1, 0.15) is 11.3 Å². The fourth-order valence-corrected chi connectivity index (χ4v) is 4.77. The highest BCUT2D eigenvalue weighted by Crippen LogP contribution is 2.44. The average Bonchev–Trinajstić information content (AvgIpc) is 3.18. The van der Waals surface area contributed by atoms with Gasteiger partial charge in [-0.05, 0) is 36.3 Å². The van der Waals surface area contributed by atoms with Crippen molar-refractivity contribution in [2.75, 3.05) is 26.8 Å². The van der Waals surface area contributed by atoms with Gasteiger partial charge in [-0.3, -0.25) is 4.79 Å². The van der Waals surface area contributed by atoms with E-state index in [1.165, 1.54) is 29.9 Å². The zero-order chi connectivity index (χ0) is 18.1. The molecule has 4 rings (SSSR count). The number of hydrogen-bond acceptors (Lipinski definition) is 7. The average molecular weight is 373 g/mol. The Morgan fingerprint density at radius 2 is 1.96 bits per heavy atom. The summed E-state index contributed by atoms with van der Waals surface area (Å²) in [6.07, 6.45) is 5.12. The Bertz CT molecular complexity index is 825. The summed E-state index contributed by atoms with van der Waals surface area (Å²) in [4.78, 5) is 35.2. The van der Waals surface area contributed by atoms with Crippen LogP contribution in [-0.4, -0.2) is 53.6 Å². The largest absolute Gasteiger partial charge is 0.464 e. The Labute approximate surface area is 155 Å². The Morgan fingerprint density at radius 1 is 1.23 bits per heavy atom. The molecule has 2 aromatic heterocycles. The zero-order valence-corrected chi connectivity index (χ0v) is 15.3. The van der Waals surface area contributed by atoms with Crippen LogP contribution in [0.1, 0.15) is 44.3 Å². The smallest absolute Gasteiger partial charge is 0.358 e. The summed E-state index contributed by atoms with van der Waals surface area (Å²) in [6, 6.07) is 2.18. The summed E-state index contributed by atoms with van der Waals surface area (Å²) in [6.45, 7) is 1.95. The summed E-state index contributed by atoms with van der Waals surface area (Å²) in [5, 5.41) is 2.12. The number of esters is 1. The first-order chi connectivity index (χ1) is 12.6. The molecular weight excluding hydrogens is 354 g/mol. The molecule has 0 aromatic carbocycles. The number of aromatic nitrogens is 2. The van der Waals surface area contributed by atoms with Gasteiger partial charge in [-0.2, -0.15) is 0 Å². The van der Waals surface area contributed by atoms with Crippen LogP contribution in [0.4, 0.5) is 0 Å². The first kappa shape index (κ1) is 17.1. The van der Waals surface area contributed by atoms with E-state index in [-0.39, 0.29) is 22.9 Å². The molecule has 0 radical (unpaired) electrons. The molecule has 0 bridgehead atoms. The first-order valence-electron chi connectivity index (χ1n) is 8.53. The van der Waals surface area contributed by atoms with Crippen molar-refractivity contribution in [2.24, 2.45) is 0 Å². The van der Waals surface area contributed by atoms with E-state index in [4.69, 9.17) is 4.74 Å². The normalized spacial score (nSPS) is 18.4. The molecule has 8 heteroatoms. The van der Waals surface area contributed by atoms with E-state index < -0.39 is 5.97 Å². The molecule has 0 atom stereocenters. The van der Waals surface area contributed by atoms with Crippen molar-refractivity contribution in [3.05, 3.63) is 45.7 Å². The van der Waals surface area contributed by atoms with Gasteiger partial charge in [0.15, 0.2) is 5.69 Å². The molecule has 4 heterocycles. The molecule has 2 aromatic rings. The van der Waals surface area contributed by atoms with Crippen LogP contribution in [0.5, 0.6) is 0 Å². The lowest BCUT2D eigenvalue weighted by molar-refractivity contribution is -0.0906. The second kappa shape index (κ2) is 6.77. The predicted octanol–water partition coefficient (Wildman–Crippen LogP) is 2.03. The highest BCUT2D eigenvalue weighted by atomic mass is 32.1. The second-order valence-electron chi connectivity index (χ2n) is 6.44. The number of carbonyl (C=O) groups is 2. The molecule has 7 nitrogen and oxygen atoms in total. The lowest BCUT2D eigenvalue weighted by Gasteiger charge is -2.43. The molecule has 1 fully saturated rings. The maximum absolute atomic E-state index is 12.7. The van der Waals surface area contributed by atoms with Crippen LogP contribution in [0.15, 0.2) is 23.8 Å². The molecule has 0 saturated carbocycles. The fraction of sp³-hybridized carbons (Fsp3) is 0.444. The number of methoxy groups -OCH3 is 1. The molecule has 1 spiro atoms. The molecule has 0 aliphatic carbocycles. The van der Waals surface area contributed by atoms with E-state index in [1.807, 2.05) is 0 Å². The van der Waals surface area contributed by atoms with Crippen molar-refractivity contribution in [1.29, 1.82) is 0 Å². The molecule has 1 amide bonds. The minimum absolute atomic E-state index is 0.0856. The van der Waals surface area contributed by atoms with E-state index in [0.717, 1.165) is 25.9 Å². The van der Waals surface area contributed by atoms with Gasteiger partial charge in [-0.15, -0.1) is 11.3 Å². The Hall–Kier alpha value is -2.32. The maximum Gasteiger partial charge on any atom is 0.358 e. The molecule has 26 heavy (non-hydrogen) atoms. The van der Waals surface area contributed by atoms with Crippen molar-refractivity contribution in [2.45, 2.75) is 24.9 Å². The summed E-state index contributed by atoms with van der Waals surface area (Å²) in [5.41, 5.74) is 1.45. The number of piperidine rings is 1. The lowest BCUT2D eigenvalue weighted by Crippen LogP contribution is -2.48. The first-order valence-corrected chi connectivity index (χ1v) is 9.41. The molecular formula is C18H19N3O4S. The summed E-state index contributed by atoms with van der Waals surface area (Å²) < 4.78 is 10.8. The van der Waals surface area contributed by atoms with Crippen molar-refractivity contribution >= 4 is 23.2 Å². The van der Waals surface area contributed by atoms with Crippen molar-refractivity contribution in [3.63, 3.8) is 0 Å². The van der Waals surface area contributed by atoms with Crippen LogP contribution in [-0.2, 0) is 21.5 Å². The SMILES string of the molecule is COC(=O)c1cnc(C(=O)N2CCC3(CC2)OCCc2ccsc23)cn1. The van der Waals surface area contributed by atoms with Crippen LogP contribution in [0.3, 0.4) is 0 Å². The number of carbonyl (C=O) groups excluding carboxylic acids is 2. The molecule has 2 aliphatic rings. The van der Waals surface area contributed by atoms with Crippen molar-refractivity contribution in [1.82, 2.24) is 14.9 Å². The number of hydrogen-bond donors (Lipinski definition) is 0. The Kier molecular flexibility index (Phi) is 4.46. The van der Waals surface area contributed by atoms with Gasteiger partial charge in [0.25, 0.3) is 5.91 Å². The molecule has 136 valence electrons. The summed E-state index contributed by atoms with van der Waals surface area (Å²) in [5.74, 6) is -0.747. The van der Waals surface area contributed by atoms with Gasteiger partial charge >= 0.3 is 5.97 Å². The zero-order valence-electron chi connectivity index (χ0n) is 14.4. The second-order valence-corrected chi connectivity index (χ2v) is 7.35. The topological polar surface area (TPSA) is 81.6 Å². The monoisotopic (exact) mass is 373 g/mol. The number of ether oxygens (including phenoxy) is 2. The number of rotatable bonds is 2. The third-order valence-electron chi connectivity index (χ3n) is 5.03. The highest BCUT2D eigenvalue weighted by molar-refractivity contribution is 7.10. The predicted molar refractivity (Wildman–Crippen MR) is 94.2 cm³/mol. The van der Waals surface area contributed by atoms with Gasteiger partial charge in [0.05, 0.1) is 26.1 Å². The number of thiophene rings is 1. The van der Waals surface area contributed by atoms with Gasteiger partial charge in [0, 0.05) is 18.0 Å². The van der Waals surface area contributed by atoms with E-state index in [2.05, 4.69) is 26.2 Å². The minimum Gasteiger partial charge on any atom is -0.464 e. The number of fused-ring (bicyclic) bond motifs is 2. The molecule has 2 aliphatic heterocycles. The summed E-state index contributed by atoms with van der Waals surface area (Å²) >= 11 is 1.75. The fourth-order valence-electron chi connectivity index (χ4n) is 3.61. The number of likely N-dealkylation sites (tertiary alicyclic amines) is 1. The van der Waals surface area contributed by atoms with Gasteiger partial charge in [0.2, 0.25) is 0 Å². The highest BCUT2D eigenvalue weighted by Gasteiger charge is 2.42. The number of amides is 1. The minimum atomic E-state index is -0.572.